The number of rotatable bonds is 5. The summed E-state index contributed by atoms with van der Waals surface area (Å²) in [5.41, 5.74) is 7.55. The van der Waals surface area contributed by atoms with Crippen molar-refractivity contribution in [2.75, 3.05) is 31.9 Å². The van der Waals surface area contributed by atoms with E-state index in [9.17, 15) is 10.0 Å². The summed E-state index contributed by atoms with van der Waals surface area (Å²) in [6.07, 6.45) is 5.13. The fourth-order valence-corrected chi connectivity index (χ4v) is 4.39. The third kappa shape index (κ3) is 4.56. The monoisotopic (exact) mass is 429 g/mol. The molecule has 1 saturated heterocycles. The fraction of sp³-hybridized carbons (Fsp3) is 0.250. The van der Waals surface area contributed by atoms with Crippen molar-refractivity contribution >= 4 is 51.6 Å². The Bertz CT molecular complexity index is 1090. The topological polar surface area (TPSA) is 95.2 Å². The molecule has 0 spiro atoms. The van der Waals surface area contributed by atoms with E-state index >= 15 is 0 Å². The van der Waals surface area contributed by atoms with Crippen LogP contribution in [0, 0.1) is 5.21 Å². The molecule has 0 aliphatic carbocycles. The minimum atomic E-state index is -0.535. The molecule has 1 aliphatic rings. The number of hydrogen-bond acceptors (Lipinski definition) is 6. The van der Waals surface area contributed by atoms with Gasteiger partial charge in [-0.25, -0.2) is 9.97 Å². The summed E-state index contributed by atoms with van der Waals surface area (Å²) >= 11 is 7.37. The van der Waals surface area contributed by atoms with Gasteiger partial charge in [-0.05, 0) is 42.0 Å². The van der Waals surface area contributed by atoms with E-state index < -0.39 is 4.65 Å². The molecule has 2 aromatic heterocycles. The lowest BCUT2D eigenvalue weighted by Crippen LogP contribution is -2.58. The highest BCUT2D eigenvalue weighted by atomic mass is 35.5. The number of fused-ring (bicyclic) bond motifs is 1. The van der Waals surface area contributed by atoms with Crippen LogP contribution in [-0.4, -0.2) is 51.6 Å². The summed E-state index contributed by atoms with van der Waals surface area (Å²) in [5.74, 6) is 0.294. The van der Waals surface area contributed by atoms with E-state index in [1.807, 2.05) is 42.5 Å². The molecule has 1 unspecified atom stereocenters. The van der Waals surface area contributed by atoms with Gasteiger partial charge in [0.15, 0.2) is 6.54 Å². The number of aromatic nitrogens is 2. The van der Waals surface area contributed by atoms with Gasteiger partial charge in [0.1, 0.15) is 12.1 Å². The molecule has 4 rings (SSSR count). The van der Waals surface area contributed by atoms with Gasteiger partial charge in [0.2, 0.25) is 0 Å². The number of carbonyl (C=O) groups is 1. The molecule has 1 amide bonds. The highest BCUT2D eigenvalue weighted by Crippen LogP contribution is 2.23. The Morgan fingerprint density at radius 1 is 1.31 bits per heavy atom. The van der Waals surface area contributed by atoms with Crippen LogP contribution in [0.25, 0.3) is 17.0 Å². The molecule has 1 fully saturated rings. The number of halogens is 1. The summed E-state index contributed by atoms with van der Waals surface area (Å²) in [4.78, 5) is 23.5. The van der Waals surface area contributed by atoms with Crippen LogP contribution in [0.15, 0.2) is 42.7 Å². The van der Waals surface area contributed by atoms with Crippen LogP contribution in [0.1, 0.15) is 10.4 Å². The van der Waals surface area contributed by atoms with Gasteiger partial charge in [0.05, 0.1) is 29.5 Å². The van der Waals surface area contributed by atoms with Gasteiger partial charge in [-0.1, -0.05) is 17.7 Å². The number of nitrogens with zero attached hydrogens (tertiary/aromatic N) is 4. The normalized spacial score (nSPS) is 20.1. The minimum Gasteiger partial charge on any atom is -0.632 e. The molecule has 3 heterocycles. The Morgan fingerprint density at radius 3 is 2.93 bits per heavy atom. The predicted molar refractivity (Wildman–Crippen MR) is 116 cm³/mol. The predicted octanol–water partition coefficient (Wildman–Crippen LogP) is 3.30. The van der Waals surface area contributed by atoms with E-state index in [4.69, 9.17) is 17.3 Å². The molecule has 150 valence electrons. The van der Waals surface area contributed by atoms with E-state index in [0.29, 0.717) is 29.8 Å². The van der Waals surface area contributed by atoms with Crippen LogP contribution in [0.2, 0.25) is 4.34 Å². The zero-order valence-electron chi connectivity index (χ0n) is 15.6. The van der Waals surface area contributed by atoms with E-state index in [2.05, 4.69) is 9.97 Å². The molecule has 0 radical (unpaired) electrons. The number of nitrogen functional groups attached to an aromatic ring is 1. The maximum Gasteiger partial charge on any atom is 0.278 e. The van der Waals surface area contributed by atoms with Crippen molar-refractivity contribution in [2.45, 2.75) is 6.54 Å². The largest absolute Gasteiger partial charge is 0.632 e. The third-order valence-corrected chi connectivity index (χ3v) is 6.17. The van der Waals surface area contributed by atoms with Crippen molar-refractivity contribution in [3.63, 3.8) is 0 Å². The number of hydrogen-bond donors (Lipinski definition) is 1. The highest BCUT2D eigenvalue weighted by molar-refractivity contribution is 7.16. The quantitative estimate of drug-likeness (QED) is 0.496. The number of nitrogens with two attached hydrogens (primary N) is 1. The molecule has 1 aromatic carbocycles. The lowest BCUT2D eigenvalue weighted by molar-refractivity contribution is -0.870. The number of benzene rings is 1. The van der Waals surface area contributed by atoms with Crippen LogP contribution < -0.4 is 5.73 Å². The Kier molecular flexibility index (Phi) is 5.51. The second-order valence-corrected chi connectivity index (χ2v) is 8.84. The molecule has 0 bridgehead atoms. The van der Waals surface area contributed by atoms with Crippen molar-refractivity contribution < 1.29 is 9.44 Å². The average Bonchev–Trinajstić information content (AvgIpc) is 3.09. The summed E-state index contributed by atoms with van der Waals surface area (Å²) < 4.78 is 0.175. The Labute approximate surface area is 177 Å². The average molecular weight is 430 g/mol. The first-order chi connectivity index (χ1) is 13.9. The zero-order valence-corrected chi connectivity index (χ0v) is 17.2. The van der Waals surface area contributed by atoms with Gasteiger partial charge in [-0.3, -0.25) is 4.79 Å². The second kappa shape index (κ2) is 8.08. The van der Waals surface area contributed by atoms with Crippen LogP contribution in [0.5, 0.6) is 0 Å². The van der Waals surface area contributed by atoms with Gasteiger partial charge in [0.25, 0.3) is 5.91 Å². The second-order valence-electron chi connectivity index (χ2n) is 7.09. The molecular weight excluding hydrogens is 410 g/mol. The first kappa shape index (κ1) is 19.8. The molecule has 3 aromatic rings. The smallest absolute Gasteiger partial charge is 0.278 e. The molecular formula is C20H20ClN5O2S. The molecule has 0 saturated carbocycles. The Morgan fingerprint density at radius 2 is 2.17 bits per heavy atom. The number of piperazine rings is 1. The van der Waals surface area contributed by atoms with Crippen molar-refractivity contribution in [1.82, 2.24) is 14.9 Å². The molecule has 7 nitrogen and oxygen atoms in total. The Balaban J connectivity index is 1.38. The van der Waals surface area contributed by atoms with E-state index in [1.54, 1.807) is 4.90 Å². The van der Waals surface area contributed by atoms with Crippen LogP contribution >= 0.6 is 22.9 Å². The summed E-state index contributed by atoms with van der Waals surface area (Å²) in [6, 6.07) is 9.42. The maximum atomic E-state index is 12.9. The van der Waals surface area contributed by atoms with Gasteiger partial charge in [0, 0.05) is 16.8 Å². The summed E-state index contributed by atoms with van der Waals surface area (Å²) in [7, 11) is 0. The van der Waals surface area contributed by atoms with Crippen LogP contribution in [0.3, 0.4) is 0 Å². The van der Waals surface area contributed by atoms with Crippen LogP contribution in [0.4, 0.5) is 5.82 Å². The third-order valence-electron chi connectivity index (χ3n) is 4.97. The molecule has 2 N–H and O–H groups in total. The van der Waals surface area contributed by atoms with Crippen LogP contribution in [-0.2, 0) is 11.3 Å². The SMILES string of the molecule is Nc1ncnc2cc(CN3CC[N+]([O-])(C/C=C/c4ccc(Cl)s4)CC3=O)ccc12. The summed E-state index contributed by atoms with van der Waals surface area (Å²) in [5, 5.41) is 13.7. The fourth-order valence-electron chi connectivity index (χ4n) is 3.40. The Hall–Kier alpha value is -2.52. The van der Waals surface area contributed by atoms with E-state index in [1.165, 1.54) is 17.7 Å². The standard InChI is InChI=1S/C20H20ClN5O2S/c21-18-6-4-15(29-18)2-1-8-26(28)9-7-25(19(27)12-26)11-14-3-5-16-17(10-14)23-13-24-20(16)22/h1-6,10,13H,7-9,11-12H2,(H2,22,23,24)/b2-1+. The first-order valence-corrected chi connectivity index (χ1v) is 10.4. The molecule has 29 heavy (non-hydrogen) atoms. The number of thiophene rings is 1. The van der Waals surface area contributed by atoms with Gasteiger partial charge in [-0.15, -0.1) is 11.3 Å². The molecule has 9 heteroatoms. The van der Waals surface area contributed by atoms with Crippen molar-refractivity contribution in [2.24, 2.45) is 0 Å². The zero-order chi connectivity index (χ0) is 20.4. The number of hydroxylamine groups is 3. The first-order valence-electron chi connectivity index (χ1n) is 9.18. The number of anilines is 1. The molecule has 1 aliphatic heterocycles. The number of amides is 1. The van der Waals surface area contributed by atoms with Gasteiger partial charge in [-0.2, -0.15) is 0 Å². The molecule has 1 atom stereocenters. The lowest BCUT2D eigenvalue weighted by Gasteiger charge is -2.47. The van der Waals surface area contributed by atoms with Gasteiger partial charge >= 0.3 is 0 Å². The number of quaternary nitrogens is 1. The lowest BCUT2D eigenvalue weighted by atomic mass is 10.1. The van der Waals surface area contributed by atoms with E-state index in [-0.39, 0.29) is 19.0 Å². The summed E-state index contributed by atoms with van der Waals surface area (Å²) in [6.45, 7) is 1.44. The minimum absolute atomic E-state index is 0.0573. The highest BCUT2D eigenvalue weighted by Gasteiger charge is 2.31. The van der Waals surface area contributed by atoms with Crippen molar-refractivity contribution in [1.29, 1.82) is 0 Å². The van der Waals surface area contributed by atoms with E-state index in [0.717, 1.165) is 21.3 Å². The number of carbonyl (C=O) groups excluding carboxylic acids is 1. The van der Waals surface area contributed by atoms with Gasteiger partial charge < -0.3 is 20.5 Å². The van der Waals surface area contributed by atoms with Crippen molar-refractivity contribution in [3.05, 3.63) is 62.7 Å². The maximum absolute atomic E-state index is 12.9. The van der Waals surface area contributed by atoms with Crippen molar-refractivity contribution in [3.8, 4) is 0 Å².